The summed E-state index contributed by atoms with van der Waals surface area (Å²) in [5.74, 6) is -1.49. The Bertz CT molecular complexity index is 838. The van der Waals surface area contributed by atoms with Gasteiger partial charge in [-0.2, -0.15) is 0 Å². The Balaban J connectivity index is 1.82. The number of Topliss-reactive ketones (excluding diaryl/α,β-unsaturated/α-hetero) is 1. The van der Waals surface area contributed by atoms with Crippen molar-refractivity contribution in [2.45, 2.75) is 26.2 Å². The lowest BCUT2D eigenvalue weighted by atomic mass is 9.87. The zero-order valence-electron chi connectivity index (χ0n) is 15.5. The molecule has 0 saturated heterocycles. The van der Waals surface area contributed by atoms with E-state index in [1.54, 1.807) is 36.4 Å². The Morgan fingerprint density at radius 3 is 2.22 bits per heavy atom. The van der Waals surface area contributed by atoms with Crippen LogP contribution in [-0.2, 0) is 14.9 Å². The summed E-state index contributed by atoms with van der Waals surface area (Å²) in [5.41, 5.74) is 1.84. The monoisotopic (exact) mass is 387 g/mol. The molecule has 0 radical (unpaired) electrons. The fourth-order valence-electron chi connectivity index (χ4n) is 2.34. The van der Waals surface area contributed by atoms with Crippen LogP contribution in [0.1, 0.15) is 47.1 Å². The minimum Gasteiger partial charge on any atom is -0.456 e. The smallest absolute Gasteiger partial charge is 0.325 e. The van der Waals surface area contributed by atoms with Gasteiger partial charge >= 0.3 is 5.97 Å². The van der Waals surface area contributed by atoms with Crippen LogP contribution >= 0.6 is 11.6 Å². The van der Waals surface area contributed by atoms with Crippen molar-refractivity contribution >= 4 is 29.3 Å². The highest BCUT2D eigenvalue weighted by Crippen LogP contribution is 2.22. The van der Waals surface area contributed by atoms with Crippen molar-refractivity contribution in [1.29, 1.82) is 0 Å². The minimum atomic E-state index is -0.699. The summed E-state index contributed by atoms with van der Waals surface area (Å²) >= 11 is 5.93. The molecule has 1 amide bonds. The Morgan fingerprint density at radius 2 is 1.63 bits per heavy atom. The van der Waals surface area contributed by atoms with Gasteiger partial charge in [0, 0.05) is 11.1 Å². The summed E-state index contributed by atoms with van der Waals surface area (Å²) in [5, 5.41) is 2.78. The normalized spacial score (nSPS) is 11.0. The molecule has 0 atom stereocenters. The number of nitrogens with one attached hydrogen (secondary N) is 1. The Labute approximate surface area is 163 Å². The molecule has 27 heavy (non-hydrogen) atoms. The maximum atomic E-state index is 12.1. The van der Waals surface area contributed by atoms with E-state index in [9.17, 15) is 14.4 Å². The second-order valence-electron chi connectivity index (χ2n) is 7.07. The minimum absolute atomic E-state index is 0.00695. The van der Waals surface area contributed by atoms with E-state index >= 15 is 0 Å². The van der Waals surface area contributed by atoms with Gasteiger partial charge in [-0.1, -0.05) is 56.6 Å². The molecule has 2 aromatic carbocycles. The first-order chi connectivity index (χ1) is 12.7. The molecule has 0 aliphatic rings. The van der Waals surface area contributed by atoms with Crippen LogP contribution in [0.2, 0.25) is 5.02 Å². The van der Waals surface area contributed by atoms with Crippen molar-refractivity contribution in [3.8, 4) is 0 Å². The zero-order valence-corrected chi connectivity index (χ0v) is 16.3. The molecule has 2 rings (SSSR count). The second-order valence-corrected chi connectivity index (χ2v) is 7.48. The molecular weight excluding hydrogens is 366 g/mol. The van der Waals surface area contributed by atoms with Crippen molar-refractivity contribution in [2.75, 3.05) is 13.2 Å². The molecule has 0 saturated carbocycles. The standard InChI is InChI=1S/C21H22ClNO4/c1-21(2,3)15-10-8-14(9-11-15)20(26)23-12-19(25)27-13-18(24)16-6-4-5-7-17(16)22/h4-11H,12-13H2,1-3H3,(H,23,26). The summed E-state index contributed by atoms with van der Waals surface area (Å²) in [6.45, 7) is 5.50. The molecule has 0 aromatic heterocycles. The number of carbonyl (C=O) groups excluding carboxylic acids is 3. The van der Waals surface area contributed by atoms with Gasteiger partial charge in [-0.3, -0.25) is 14.4 Å². The maximum absolute atomic E-state index is 12.1. The van der Waals surface area contributed by atoms with Crippen molar-refractivity contribution in [3.05, 3.63) is 70.2 Å². The zero-order chi connectivity index (χ0) is 20.0. The highest BCUT2D eigenvalue weighted by atomic mass is 35.5. The number of ketones is 1. The van der Waals surface area contributed by atoms with Gasteiger partial charge < -0.3 is 10.1 Å². The van der Waals surface area contributed by atoms with Crippen molar-refractivity contribution < 1.29 is 19.1 Å². The van der Waals surface area contributed by atoms with Gasteiger partial charge in [0.25, 0.3) is 5.91 Å². The van der Waals surface area contributed by atoms with Gasteiger partial charge in [-0.25, -0.2) is 0 Å². The molecule has 0 aliphatic heterocycles. The lowest BCUT2D eigenvalue weighted by Crippen LogP contribution is -2.31. The number of hydrogen-bond acceptors (Lipinski definition) is 4. The molecule has 2 aromatic rings. The van der Waals surface area contributed by atoms with E-state index in [4.69, 9.17) is 16.3 Å². The van der Waals surface area contributed by atoms with Crippen molar-refractivity contribution in [3.63, 3.8) is 0 Å². The lowest BCUT2D eigenvalue weighted by Gasteiger charge is -2.19. The van der Waals surface area contributed by atoms with Crippen molar-refractivity contribution in [2.24, 2.45) is 0 Å². The first kappa shape index (κ1) is 20.6. The molecule has 142 valence electrons. The van der Waals surface area contributed by atoms with Crippen LogP contribution in [-0.4, -0.2) is 30.8 Å². The number of benzene rings is 2. The van der Waals surface area contributed by atoms with Gasteiger partial charge in [0.2, 0.25) is 5.78 Å². The van der Waals surface area contributed by atoms with Gasteiger partial charge in [0.15, 0.2) is 6.61 Å². The van der Waals surface area contributed by atoms with E-state index in [2.05, 4.69) is 26.1 Å². The second kappa shape index (κ2) is 8.82. The first-order valence-corrected chi connectivity index (χ1v) is 8.88. The van der Waals surface area contributed by atoms with E-state index in [0.717, 1.165) is 5.56 Å². The Hall–Kier alpha value is -2.66. The topological polar surface area (TPSA) is 72.5 Å². The molecule has 5 nitrogen and oxygen atoms in total. The third-order valence-corrected chi connectivity index (χ3v) is 4.27. The average molecular weight is 388 g/mol. The molecule has 0 unspecified atom stereocenters. The number of rotatable bonds is 6. The van der Waals surface area contributed by atoms with Crippen molar-refractivity contribution in [1.82, 2.24) is 5.32 Å². The highest BCUT2D eigenvalue weighted by molar-refractivity contribution is 6.34. The fraction of sp³-hybridized carbons (Fsp3) is 0.286. The molecule has 0 spiro atoms. The van der Waals surface area contributed by atoms with E-state index in [1.807, 2.05) is 12.1 Å². The summed E-state index contributed by atoms with van der Waals surface area (Å²) in [6.07, 6.45) is 0. The number of halogens is 1. The van der Waals surface area contributed by atoms with Gasteiger partial charge in [0.1, 0.15) is 6.54 Å². The quantitative estimate of drug-likeness (QED) is 0.604. The maximum Gasteiger partial charge on any atom is 0.325 e. The molecule has 1 N–H and O–H groups in total. The molecular formula is C21H22ClNO4. The molecule has 0 fully saturated rings. The van der Waals surface area contributed by atoms with E-state index in [1.165, 1.54) is 0 Å². The number of carbonyl (C=O) groups is 3. The van der Waals surface area contributed by atoms with Crippen LogP contribution in [0.5, 0.6) is 0 Å². The number of ether oxygens (including phenoxy) is 1. The van der Waals surface area contributed by atoms with Gasteiger partial charge in [-0.15, -0.1) is 0 Å². The fourth-order valence-corrected chi connectivity index (χ4v) is 2.58. The molecule has 6 heteroatoms. The van der Waals surface area contributed by atoms with Crippen LogP contribution in [0.4, 0.5) is 0 Å². The largest absolute Gasteiger partial charge is 0.456 e. The SMILES string of the molecule is CC(C)(C)c1ccc(C(=O)NCC(=O)OCC(=O)c2ccccc2Cl)cc1. The van der Waals surface area contributed by atoms with E-state index in [0.29, 0.717) is 10.6 Å². The van der Waals surface area contributed by atoms with Crippen LogP contribution in [0.25, 0.3) is 0 Å². The van der Waals surface area contributed by atoms with Gasteiger partial charge in [-0.05, 0) is 35.2 Å². The summed E-state index contributed by atoms with van der Waals surface area (Å²) in [7, 11) is 0. The predicted octanol–water partition coefficient (Wildman–Crippen LogP) is 3.79. The summed E-state index contributed by atoms with van der Waals surface area (Å²) in [4.78, 5) is 35.9. The summed E-state index contributed by atoms with van der Waals surface area (Å²) < 4.78 is 4.90. The van der Waals surface area contributed by atoms with Crippen LogP contribution < -0.4 is 5.32 Å². The number of hydrogen-bond donors (Lipinski definition) is 1. The number of amides is 1. The molecule has 0 bridgehead atoms. The molecule has 0 heterocycles. The van der Waals surface area contributed by atoms with Crippen LogP contribution in [0.3, 0.4) is 0 Å². The lowest BCUT2D eigenvalue weighted by molar-refractivity contribution is -0.141. The number of esters is 1. The Morgan fingerprint density at radius 1 is 1.00 bits per heavy atom. The van der Waals surface area contributed by atoms with E-state index < -0.39 is 18.4 Å². The third-order valence-electron chi connectivity index (χ3n) is 3.94. The highest BCUT2D eigenvalue weighted by Gasteiger charge is 2.16. The third kappa shape index (κ3) is 5.93. The average Bonchev–Trinajstić information content (AvgIpc) is 2.64. The van der Waals surface area contributed by atoms with E-state index in [-0.39, 0.29) is 23.4 Å². The molecule has 0 aliphatic carbocycles. The Kier molecular flexibility index (Phi) is 6.75. The van der Waals surface area contributed by atoms with Crippen LogP contribution in [0.15, 0.2) is 48.5 Å². The first-order valence-electron chi connectivity index (χ1n) is 8.50. The van der Waals surface area contributed by atoms with Crippen LogP contribution in [0, 0.1) is 0 Å². The predicted molar refractivity (Wildman–Crippen MR) is 104 cm³/mol. The summed E-state index contributed by atoms with van der Waals surface area (Å²) in [6, 6.07) is 13.7. The van der Waals surface area contributed by atoms with Gasteiger partial charge in [0.05, 0.1) is 5.02 Å².